The van der Waals surface area contributed by atoms with Gasteiger partial charge < -0.3 is 14.2 Å². The van der Waals surface area contributed by atoms with E-state index in [1.165, 1.54) is 0 Å². The fraction of sp³-hybridized carbons (Fsp3) is 0.370. The van der Waals surface area contributed by atoms with Crippen molar-refractivity contribution in [1.82, 2.24) is 24.4 Å². The molecule has 0 saturated carbocycles. The summed E-state index contributed by atoms with van der Waals surface area (Å²) in [6.45, 7) is 11.7. The molecule has 0 unspecified atom stereocenters. The van der Waals surface area contributed by atoms with E-state index < -0.39 is 0 Å². The third-order valence-corrected chi connectivity index (χ3v) is 7.12. The Kier molecular flexibility index (Phi) is 5.42. The average molecular weight is 467 g/mol. The number of aromatic nitrogens is 4. The Labute approximate surface area is 203 Å². The number of rotatable bonds is 4. The number of hydrogen-bond donors (Lipinski definition) is 0. The largest absolute Gasteiger partial charge is 0.378 e. The minimum absolute atomic E-state index is 0.0181. The predicted molar refractivity (Wildman–Crippen MR) is 132 cm³/mol. The number of nitrogens with zero attached hydrogens (tertiary/aromatic N) is 6. The van der Waals surface area contributed by atoms with Crippen molar-refractivity contribution in [3.63, 3.8) is 0 Å². The smallest absolute Gasteiger partial charge is 0.272 e. The summed E-state index contributed by atoms with van der Waals surface area (Å²) in [5.41, 5.74) is 3.87. The van der Waals surface area contributed by atoms with Crippen molar-refractivity contribution in [2.24, 2.45) is 5.92 Å². The van der Waals surface area contributed by atoms with E-state index >= 15 is 0 Å². The van der Waals surface area contributed by atoms with Crippen LogP contribution < -0.4 is 0 Å². The summed E-state index contributed by atoms with van der Waals surface area (Å²) in [6.07, 6.45) is 6.30. The lowest BCUT2D eigenvalue weighted by Crippen LogP contribution is -2.51. The van der Waals surface area contributed by atoms with E-state index in [1.54, 1.807) is 12.3 Å². The van der Waals surface area contributed by atoms with Gasteiger partial charge in [0.15, 0.2) is 5.69 Å². The highest BCUT2D eigenvalue weighted by molar-refractivity contribution is 6.03. The van der Waals surface area contributed by atoms with Gasteiger partial charge in [0.25, 0.3) is 5.91 Å². The van der Waals surface area contributed by atoms with E-state index in [0.29, 0.717) is 30.4 Å². The molecule has 3 aromatic heterocycles. The molecule has 0 aliphatic carbocycles. The van der Waals surface area contributed by atoms with Crippen LogP contribution in [0.3, 0.4) is 0 Å². The van der Waals surface area contributed by atoms with Crippen molar-refractivity contribution in [3.8, 4) is 0 Å². The predicted octanol–water partition coefficient (Wildman–Crippen LogP) is 4.58. The van der Waals surface area contributed by atoms with Gasteiger partial charge in [-0.3, -0.25) is 14.8 Å². The Balaban J connectivity index is 1.35. The monoisotopic (exact) mass is 466 g/mol. The van der Waals surface area contributed by atoms with Crippen LogP contribution in [0.5, 0.6) is 0 Å². The van der Waals surface area contributed by atoms with Gasteiger partial charge in [-0.05, 0) is 44.0 Å². The van der Waals surface area contributed by atoms with E-state index in [2.05, 4.69) is 26.3 Å². The number of carbonyl (C=O) groups is 1. The van der Waals surface area contributed by atoms with Crippen LogP contribution in [-0.4, -0.2) is 56.1 Å². The zero-order chi connectivity index (χ0) is 23.9. The van der Waals surface area contributed by atoms with Crippen LogP contribution in [0.25, 0.3) is 26.8 Å². The van der Waals surface area contributed by atoms with Crippen molar-refractivity contribution in [2.75, 3.05) is 19.7 Å². The molecule has 2 aliphatic rings. The summed E-state index contributed by atoms with van der Waals surface area (Å²) < 4.78 is 8.23. The lowest BCUT2D eigenvalue weighted by Gasteiger charge is -2.39. The number of benzene rings is 1. The maximum Gasteiger partial charge on any atom is 0.272 e. The van der Waals surface area contributed by atoms with Crippen molar-refractivity contribution in [2.45, 2.75) is 38.3 Å². The number of likely N-dealkylation sites (tertiary alicyclic amines) is 1. The Bertz CT molecular complexity index is 1450. The van der Waals surface area contributed by atoms with E-state index in [9.17, 15) is 4.79 Å². The molecule has 4 aromatic rings. The van der Waals surface area contributed by atoms with E-state index in [-0.39, 0.29) is 18.1 Å². The molecule has 2 fully saturated rings. The molecule has 5 heterocycles. The summed E-state index contributed by atoms with van der Waals surface area (Å²) in [5.74, 6) is 1.35. The number of carbonyl (C=O) groups excluding carboxylic acids is 1. The Hall–Kier alpha value is -3.83. The van der Waals surface area contributed by atoms with Crippen molar-refractivity contribution in [3.05, 3.63) is 71.7 Å². The second-order valence-corrected chi connectivity index (χ2v) is 9.56. The third-order valence-electron chi connectivity index (χ3n) is 7.12. The van der Waals surface area contributed by atoms with Gasteiger partial charge >= 0.3 is 0 Å². The molecule has 0 radical (unpaired) electrons. The van der Waals surface area contributed by atoms with Crippen LogP contribution in [0.2, 0.25) is 0 Å². The first-order chi connectivity index (χ1) is 17.1. The maximum absolute atomic E-state index is 12.7. The molecule has 35 heavy (non-hydrogen) atoms. The fourth-order valence-corrected chi connectivity index (χ4v) is 5.40. The minimum Gasteiger partial charge on any atom is -0.378 e. The van der Waals surface area contributed by atoms with Crippen LogP contribution in [0.1, 0.15) is 42.1 Å². The lowest BCUT2D eigenvalue weighted by molar-refractivity contribution is 0.00580. The number of imidazole rings is 1. The molecular weight excluding hydrogens is 440 g/mol. The highest BCUT2D eigenvalue weighted by Crippen LogP contribution is 2.36. The van der Waals surface area contributed by atoms with Crippen LogP contribution in [0.4, 0.5) is 5.69 Å². The van der Waals surface area contributed by atoms with Crippen molar-refractivity contribution in [1.29, 1.82) is 0 Å². The lowest BCUT2D eigenvalue weighted by atomic mass is 9.94. The normalized spacial score (nSPS) is 20.6. The van der Waals surface area contributed by atoms with Gasteiger partial charge in [-0.2, -0.15) is 0 Å². The first kappa shape index (κ1) is 21.7. The van der Waals surface area contributed by atoms with Crippen molar-refractivity contribution >= 4 is 33.5 Å². The molecule has 176 valence electrons. The average Bonchev–Trinajstić information content (AvgIpc) is 3.24. The molecule has 8 heteroatoms. The number of ether oxygens (including phenoxy) is 1. The highest BCUT2D eigenvalue weighted by atomic mass is 16.5. The summed E-state index contributed by atoms with van der Waals surface area (Å²) in [6, 6.07) is 11.3. The molecule has 2 atom stereocenters. The SMILES string of the molecule is [C-]#[N+]c1ccc2ncc3nc(CC4CN(C(=O)c5ccccn5)C4)n([C@@H]4CCO[C@H](C)C4)c3c2c1. The summed E-state index contributed by atoms with van der Waals surface area (Å²) in [4.78, 5) is 32.1. The van der Waals surface area contributed by atoms with Crippen LogP contribution in [-0.2, 0) is 11.2 Å². The molecule has 1 amide bonds. The molecule has 0 spiro atoms. The summed E-state index contributed by atoms with van der Waals surface area (Å²) in [7, 11) is 0. The number of hydrogen-bond acceptors (Lipinski definition) is 5. The van der Waals surface area contributed by atoms with E-state index in [0.717, 1.165) is 53.6 Å². The first-order valence-electron chi connectivity index (χ1n) is 12.1. The second kappa shape index (κ2) is 8.75. The zero-order valence-electron chi connectivity index (χ0n) is 19.6. The van der Waals surface area contributed by atoms with Crippen LogP contribution in [0.15, 0.2) is 48.8 Å². The fourth-order valence-electron chi connectivity index (χ4n) is 5.40. The zero-order valence-corrected chi connectivity index (χ0v) is 19.6. The molecular formula is C27H26N6O2. The van der Waals surface area contributed by atoms with Gasteiger partial charge in [0.05, 0.1) is 29.9 Å². The van der Waals surface area contributed by atoms with Gasteiger partial charge in [0.1, 0.15) is 17.0 Å². The molecule has 0 N–H and O–H groups in total. The molecule has 0 bridgehead atoms. The molecule has 2 saturated heterocycles. The highest BCUT2D eigenvalue weighted by Gasteiger charge is 2.34. The summed E-state index contributed by atoms with van der Waals surface area (Å²) in [5, 5.41) is 0.967. The molecule has 8 nitrogen and oxygen atoms in total. The van der Waals surface area contributed by atoms with E-state index in [4.69, 9.17) is 16.3 Å². The van der Waals surface area contributed by atoms with E-state index in [1.807, 2.05) is 41.4 Å². The van der Waals surface area contributed by atoms with Gasteiger partial charge in [0.2, 0.25) is 0 Å². The van der Waals surface area contributed by atoms with Gasteiger partial charge in [-0.15, -0.1) is 0 Å². The quantitative estimate of drug-likeness (QED) is 0.411. The summed E-state index contributed by atoms with van der Waals surface area (Å²) >= 11 is 0. The number of fused-ring (bicyclic) bond motifs is 3. The second-order valence-electron chi connectivity index (χ2n) is 9.56. The standard InChI is InChI=1S/C27H26N6O2/c1-17-11-20(8-10-35-17)33-25(12-18-15-32(16-18)27(34)23-5-3-4-9-29-23)31-24-14-30-22-7-6-19(28-2)13-21(22)26(24)33/h3-7,9,13-14,17-18,20H,8,10-12,15-16H2,1H3/t17-,20-/m1/s1. The third kappa shape index (κ3) is 3.92. The Morgan fingerprint density at radius 3 is 2.86 bits per heavy atom. The maximum atomic E-state index is 12.7. The topological polar surface area (TPSA) is 77.5 Å². The number of amides is 1. The van der Waals surface area contributed by atoms with Gasteiger partial charge in [-0.1, -0.05) is 12.1 Å². The van der Waals surface area contributed by atoms with Crippen molar-refractivity contribution < 1.29 is 9.53 Å². The van der Waals surface area contributed by atoms with Crippen LogP contribution in [0, 0.1) is 12.5 Å². The number of pyridine rings is 2. The van der Waals surface area contributed by atoms with Crippen LogP contribution >= 0.6 is 0 Å². The van der Waals surface area contributed by atoms with Gasteiger partial charge in [0, 0.05) is 49.7 Å². The molecule has 2 aliphatic heterocycles. The first-order valence-corrected chi connectivity index (χ1v) is 12.1. The Morgan fingerprint density at radius 2 is 2.09 bits per heavy atom. The molecule has 1 aromatic carbocycles. The Morgan fingerprint density at radius 1 is 1.20 bits per heavy atom. The van der Waals surface area contributed by atoms with Gasteiger partial charge in [-0.25, -0.2) is 9.83 Å². The minimum atomic E-state index is -0.0181. The molecule has 6 rings (SSSR count).